The molecule has 0 radical (unpaired) electrons. The molecule has 4 aliphatic carbocycles. The maximum absolute atomic E-state index is 17.7. The Kier molecular flexibility index (Phi) is 11.9. The predicted octanol–water partition coefficient (Wildman–Crippen LogP) is 3.18. The molecule has 2 aliphatic heterocycles. The molecule has 2 heterocycles. The van der Waals surface area contributed by atoms with Crippen LogP contribution in [0.2, 0.25) is 0 Å². The Morgan fingerprint density at radius 1 is 0.908 bits per heavy atom. The van der Waals surface area contributed by atoms with E-state index >= 15 is 8.78 Å². The molecule has 0 spiro atoms. The molecule has 12 atom stereocenters. The quantitative estimate of drug-likeness (QED) is 0.184. The van der Waals surface area contributed by atoms with Gasteiger partial charge in [0.1, 0.15) is 24.9 Å². The number of aliphatic hydroxyl groups is 2. The van der Waals surface area contributed by atoms with Crippen molar-refractivity contribution in [3.63, 3.8) is 0 Å². The largest absolute Gasteiger partial charge is 0.390 e. The molecule has 2 aromatic carbocycles. The Morgan fingerprint density at radius 2 is 1.60 bits per heavy atom. The predicted molar refractivity (Wildman–Crippen MR) is 228 cm³/mol. The molecule has 3 saturated carbocycles. The number of amides is 5. The van der Waals surface area contributed by atoms with E-state index in [-0.39, 0.29) is 37.8 Å². The molecule has 4 fully saturated rings. The number of imide groups is 1. The first kappa shape index (κ1) is 45.8. The van der Waals surface area contributed by atoms with Gasteiger partial charge in [-0.2, -0.15) is 0 Å². The molecule has 8 rings (SSSR count). The van der Waals surface area contributed by atoms with Crippen LogP contribution in [0.5, 0.6) is 0 Å². The smallest absolute Gasteiger partial charge is 0.253 e. The lowest BCUT2D eigenvalue weighted by Crippen LogP contribution is -2.70. The van der Waals surface area contributed by atoms with Crippen molar-refractivity contribution < 1.29 is 62.0 Å². The highest BCUT2D eigenvalue weighted by atomic mass is 19.1. The van der Waals surface area contributed by atoms with Crippen LogP contribution in [-0.4, -0.2) is 111 Å². The zero-order valence-corrected chi connectivity index (χ0v) is 36.3. The van der Waals surface area contributed by atoms with Gasteiger partial charge in [-0.25, -0.2) is 8.78 Å². The van der Waals surface area contributed by atoms with Crippen molar-refractivity contribution >= 4 is 46.8 Å². The van der Waals surface area contributed by atoms with E-state index in [0.29, 0.717) is 17.7 Å². The molecule has 5 N–H and O–H groups in total. The molecule has 0 bridgehead atoms. The van der Waals surface area contributed by atoms with E-state index in [9.17, 15) is 43.8 Å². The van der Waals surface area contributed by atoms with Gasteiger partial charge in [-0.3, -0.25) is 38.5 Å². The van der Waals surface area contributed by atoms with Crippen LogP contribution in [0.15, 0.2) is 84.5 Å². The van der Waals surface area contributed by atoms with Gasteiger partial charge in [-0.05, 0) is 93.4 Å². The number of aliphatic hydroxyl groups excluding tert-OH is 2. The Balaban J connectivity index is 0.887. The second-order valence-corrected chi connectivity index (χ2v) is 18.5. The molecular formula is C48H52F2N4O11. The standard InChI is InChI=1S/C48H52F2N4O11/c1-25(51-39(59)15-17-54-40(60)12-13-41(54)61)42(62)52-26(2)43(63)53-30-7-5-6-28(19-30)18-27-8-10-29(11-9-27)44-64-38-22-32-33-21-35(49)34-20-31(56)14-16-45(34,3)47(33,50)36(57)23-46(32,4)48(38,65-44)37(58)24-55/h5-14,16,19-20,25-26,32-33,35-36,38,44,55,57H,15,17-18,21-24H2,1-4H3,(H,51,59)(H,52,62)(H,53,63)/t25-,26-,32-,33?,35-,36?,38+,44+,45?,46?,47-,48+/m0/s1. The van der Waals surface area contributed by atoms with Crippen LogP contribution in [0.4, 0.5) is 14.5 Å². The highest BCUT2D eigenvalue weighted by Crippen LogP contribution is 2.72. The first-order valence-electron chi connectivity index (χ1n) is 21.8. The van der Waals surface area contributed by atoms with Crippen LogP contribution in [0.25, 0.3) is 0 Å². The van der Waals surface area contributed by atoms with Gasteiger partial charge in [0.2, 0.25) is 17.7 Å². The van der Waals surface area contributed by atoms with Gasteiger partial charge >= 0.3 is 0 Å². The van der Waals surface area contributed by atoms with E-state index in [0.717, 1.165) is 34.3 Å². The van der Waals surface area contributed by atoms with Crippen LogP contribution in [-0.2, 0) is 49.5 Å². The minimum absolute atomic E-state index is 0.00309. The normalized spacial score (nSPS) is 34.2. The van der Waals surface area contributed by atoms with Crippen LogP contribution >= 0.6 is 0 Å². The summed E-state index contributed by atoms with van der Waals surface area (Å²) in [5.74, 6) is -5.56. The molecule has 1 saturated heterocycles. The molecule has 17 heteroatoms. The summed E-state index contributed by atoms with van der Waals surface area (Å²) in [6.07, 6.45) is 0.452. The summed E-state index contributed by atoms with van der Waals surface area (Å²) in [5.41, 5.74) is -4.21. The fourth-order valence-corrected chi connectivity index (χ4v) is 11.4. The number of carbonyl (C=O) groups is 7. The fourth-order valence-electron chi connectivity index (χ4n) is 11.4. The summed E-state index contributed by atoms with van der Waals surface area (Å²) in [6.45, 7) is 5.14. The van der Waals surface area contributed by atoms with Crippen LogP contribution < -0.4 is 16.0 Å². The summed E-state index contributed by atoms with van der Waals surface area (Å²) in [7, 11) is 0. The SMILES string of the molecule is C[C@H](NC(=O)CCN1C(=O)C=CC1=O)C(=O)N[C@@H](C)C(=O)Nc1cccc(Cc2ccc([C@@H]3O[C@@H]4C[C@H]5C6C[C@H](F)C7=CC(=O)C=CC7(C)[C@@]6(F)C(O)CC5(C)[C@]4(C(=O)CO)O3)cc2)c1. The number of ketones is 2. The topological polar surface area (TPSA) is 218 Å². The van der Waals surface area contributed by atoms with Crippen molar-refractivity contribution in [2.45, 2.75) is 108 Å². The Bertz CT molecular complexity index is 2420. The second-order valence-electron chi connectivity index (χ2n) is 18.5. The van der Waals surface area contributed by atoms with Gasteiger partial charge in [0, 0.05) is 53.1 Å². The lowest BCUT2D eigenvalue weighted by atomic mass is 9.44. The number of nitrogens with zero attached hydrogens (tertiary/aromatic N) is 1. The molecule has 2 aromatic rings. The van der Waals surface area contributed by atoms with Crippen LogP contribution in [0, 0.1) is 22.7 Å². The molecule has 6 aliphatic rings. The Labute approximate surface area is 373 Å². The molecule has 344 valence electrons. The number of carbonyl (C=O) groups excluding carboxylic acids is 7. The summed E-state index contributed by atoms with van der Waals surface area (Å²) in [6, 6.07) is 12.4. The average molecular weight is 899 g/mol. The number of ether oxygens (including phenoxy) is 2. The molecule has 0 aromatic heterocycles. The van der Waals surface area contributed by atoms with Crippen molar-refractivity contribution in [3.05, 3.63) is 101 Å². The second kappa shape index (κ2) is 16.9. The monoisotopic (exact) mass is 898 g/mol. The third-order valence-electron chi connectivity index (χ3n) is 14.8. The number of fused-ring (bicyclic) bond motifs is 7. The Hall–Kier alpha value is -5.75. The lowest BCUT2D eigenvalue weighted by Gasteiger charge is -2.63. The number of nitrogens with one attached hydrogen (secondary N) is 3. The number of alkyl halides is 2. The van der Waals surface area contributed by atoms with Gasteiger partial charge in [-0.1, -0.05) is 49.4 Å². The minimum Gasteiger partial charge on any atom is -0.390 e. The summed E-state index contributed by atoms with van der Waals surface area (Å²) < 4.78 is 46.8. The average Bonchev–Trinajstić information content (AvgIpc) is 3.89. The van der Waals surface area contributed by atoms with Crippen molar-refractivity contribution in [1.29, 1.82) is 0 Å². The highest BCUT2D eigenvalue weighted by Gasteiger charge is 2.80. The third kappa shape index (κ3) is 7.55. The first-order chi connectivity index (χ1) is 30.7. The zero-order valence-electron chi connectivity index (χ0n) is 36.3. The van der Waals surface area contributed by atoms with E-state index in [1.807, 2.05) is 18.2 Å². The molecule has 65 heavy (non-hydrogen) atoms. The number of hydrogen-bond acceptors (Lipinski definition) is 11. The number of benzene rings is 2. The van der Waals surface area contributed by atoms with E-state index in [2.05, 4.69) is 16.0 Å². The number of hydrogen-bond donors (Lipinski definition) is 5. The van der Waals surface area contributed by atoms with E-state index < -0.39 is 118 Å². The first-order valence-corrected chi connectivity index (χ1v) is 21.8. The van der Waals surface area contributed by atoms with Crippen molar-refractivity contribution in [1.82, 2.24) is 15.5 Å². The minimum atomic E-state index is -2.36. The summed E-state index contributed by atoms with van der Waals surface area (Å²) in [4.78, 5) is 88.7. The molecular weight excluding hydrogens is 847 g/mol. The highest BCUT2D eigenvalue weighted by molar-refractivity contribution is 6.13. The maximum Gasteiger partial charge on any atom is 0.253 e. The summed E-state index contributed by atoms with van der Waals surface area (Å²) >= 11 is 0. The van der Waals surface area contributed by atoms with Gasteiger partial charge in [0.25, 0.3) is 11.8 Å². The number of Topliss-reactive ketones (excluding diaryl/α,β-unsaturated/α-hetero) is 1. The van der Waals surface area contributed by atoms with E-state index in [1.54, 1.807) is 37.3 Å². The number of rotatable bonds is 13. The van der Waals surface area contributed by atoms with E-state index in [1.165, 1.54) is 32.9 Å². The maximum atomic E-state index is 17.7. The molecule has 4 unspecified atom stereocenters. The van der Waals surface area contributed by atoms with Crippen LogP contribution in [0.3, 0.4) is 0 Å². The van der Waals surface area contributed by atoms with Crippen LogP contribution in [0.1, 0.15) is 76.4 Å². The van der Waals surface area contributed by atoms with Crippen molar-refractivity contribution in [2.75, 3.05) is 18.5 Å². The lowest BCUT2D eigenvalue weighted by molar-refractivity contribution is -0.235. The zero-order chi connectivity index (χ0) is 46.8. The van der Waals surface area contributed by atoms with Gasteiger partial charge in [-0.15, -0.1) is 0 Å². The van der Waals surface area contributed by atoms with E-state index in [4.69, 9.17) is 9.47 Å². The summed E-state index contributed by atoms with van der Waals surface area (Å²) in [5, 5.41) is 30.0. The molecule has 15 nitrogen and oxygen atoms in total. The Morgan fingerprint density at radius 3 is 2.29 bits per heavy atom. The number of anilines is 1. The molecule has 5 amide bonds. The third-order valence-corrected chi connectivity index (χ3v) is 14.8. The van der Waals surface area contributed by atoms with Crippen molar-refractivity contribution in [2.24, 2.45) is 22.7 Å². The number of allylic oxidation sites excluding steroid dienone is 4. The van der Waals surface area contributed by atoms with Crippen molar-refractivity contribution in [3.8, 4) is 0 Å². The van der Waals surface area contributed by atoms with Gasteiger partial charge in [0.15, 0.2) is 29.1 Å². The fraction of sp³-hybridized carbons (Fsp3) is 0.479. The van der Waals surface area contributed by atoms with Gasteiger partial charge < -0.3 is 35.6 Å². The van der Waals surface area contributed by atoms with Gasteiger partial charge in [0.05, 0.1) is 12.2 Å². The number of halogens is 2.